The molecule has 5 nitrogen and oxygen atoms in total. The van der Waals surface area contributed by atoms with Gasteiger partial charge in [0.25, 0.3) is 5.91 Å². The first-order valence-electron chi connectivity index (χ1n) is 8.55. The lowest BCUT2D eigenvalue weighted by atomic mass is 10.2. The Labute approximate surface area is 157 Å². The molecule has 2 aromatic carbocycles. The third-order valence-corrected chi connectivity index (χ3v) is 4.05. The average molecular weight is 364 g/mol. The van der Waals surface area contributed by atoms with Crippen molar-refractivity contribution in [3.8, 4) is 0 Å². The van der Waals surface area contributed by atoms with Gasteiger partial charge in [-0.1, -0.05) is 18.2 Å². The highest BCUT2D eigenvalue weighted by Crippen LogP contribution is 2.19. The number of rotatable bonds is 6. The summed E-state index contributed by atoms with van der Waals surface area (Å²) in [5.41, 5.74) is 3.02. The fraction of sp³-hybridized carbons (Fsp3) is 0.143. The fourth-order valence-electron chi connectivity index (χ4n) is 2.58. The number of benzene rings is 2. The third-order valence-electron chi connectivity index (χ3n) is 4.05. The molecule has 1 heterocycles. The maximum Gasteiger partial charge on any atom is 0.255 e. The van der Waals surface area contributed by atoms with Crippen molar-refractivity contribution in [3.05, 3.63) is 83.8 Å². The molecule has 0 unspecified atom stereocenters. The molecule has 1 amide bonds. The predicted octanol–water partition coefficient (Wildman–Crippen LogP) is 3.96. The van der Waals surface area contributed by atoms with E-state index in [-0.39, 0.29) is 11.7 Å². The highest BCUT2D eigenvalue weighted by molar-refractivity contribution is 5.99. The van der Waals surface area contributed by atoms with Crippen molar-refractivity contribution in [1.82, 2.24) is 10.3 Å². The maximum atomic E-state index is 13.4. The first-order valence-corrected chi connectivity index (χ1v) is 8.55. The van der Waals surface area contributed by atoms with Gasteiger partial charge in [-0.2, -0.15) is 0 Å². The highest BCUT2D eigenvalue weighted by atomic mass is 19.1. The van der Waals surface area contributed by atoms with Gasteiger partial charge in [-0.05, 0) is 48.0 Å². The lowest BCUT2D eigenvalue weighted by Gasteiger charge is -2.13. The van der Waals surface area contributed by atoms with Crippen LogP contribution in [0.5, 0.6) is 0 Å². The molecule has 3 rings (SSSR count). The Kier molecular flexibility index (Phi) is 5.66. The second-order valence-electron chi connectivity index (χ2n) is 6.28. The third kappa shape index (κ3) is 4.82. The average Bonchev–Trinajstić information content (AvgIpc) is 2.67. The van der Waals surface area contributed by atoms with Gasteiger partial charge in [-0.25, -0.2) is 9.37 Å². The number of amides is 1. The van der Waals surface area contributed by atoms with Crippen LogP contribution in [0, 0.1) is 5.82 Å². The molecule has 0 aliphatic rings. The molecule has 138 valence electrons. The Bertz CT molecular complexity index is 925. The minimum atomic E-state index is -0.358. The first-order chi connectivity index (χ1) is 13.0. The zero-order valence-electron chi connectivity index (χ0n) is 15.2. The van der Waals surface area contributed by atoms with E-state index in [4.69, 9.17) is 0 Å². The van der Waals surface area contributed by atoms with E-state index in [1.54, 1.807) is 30.5 Å². The summed E-state index contributed by atoms with van der Waals surface area (Å²) >= 11 is 0. The van der Waals surface area contributed by atoms with Crippen LogP contribution in [-0.2, 0) is 6.54 Å². The van der Waals surface area contributed by atoms with E-state index in [0.717, 1.165) is 11.3 Å². The van der Waals surface area contributed by atoms with Gasteiger partial charge in [-0.3, -0.25) is 4.79 Å². The minimum absolute atomic E-state index is 0.251. The van der Waals surface area contributed by atoms with Crippen LogP contribution in [0.4, 0.5) is 21.6 Å². The summed E-state index contributed by atoms with van der Waals surface area (Å²) in [5, 5.41) is 5.89. The molecule has 27 heavy (non-hydrogen) atoms. The molecule has 2 N–H and O–H groups in total. The van der Waals surface area contributed by atoms with Gasteiger partial charge in [0.1, 0.15) is 11.6 Å². The molecule has 0 aliphatic carbocycles. The molecule has 0 fully saturated rings. The van der Waals surface area contributed by atoms with E-state index in [1.165, 1.54) is 12.1 Å². The van der Waals surface area contributed by atoms with Crippen molar-refractivity contribution in [2.45, 2.75) is 6.54 Å². The van der Waals surface area contributed by atoms with E-state index in [2.05, 4.69) is 15.6 Å². The lowest BCUT2D eigenvalue weighted by Crippen LogP contribution is -2.24. The van der Waals surface area contributed by atoms with Crippen molar-refractivity contribution in [2.75, 3.05) is 24.3 Å². The van der Waals surface area contributed by atoms with Crippen LogP contribution < -0.4 is 15.5 Å². The number of carbonyl (C=O) groups excluding carboxylic acids is 1. The number of anilines is 3. The van der Waals surface area contributed by atoms with E-state index < -0.39 is 0 Å². The quantitative estimate of drug-likeness (QED) is 0.695. The van der Waals surface area contributed by atoms with Crippen molar-refractivity contribution in [3.63, 3.8) is 0 Å². The molecule has 0 bridgehead atoms. The van der Waals surface area contributed by atoms with Crippen LogP contribution in [-0.4, -0.2) is 25.0 Å². The summed E-state index contributed by atoms with van der Waals surface area (Å²) in [5.74, 6) is -0.231. The summed E-state index contributed by atoms with van der Waals surface area (Å²) < 4.78 is 13.4. The van der Waals surface area contributed by atoms with Crippen LogP contribution in [0.1, 0.15) is 15.9 Å². The molecule has 0 saturated carbocycles. The number of halogens is 1. The van der Waals surface area contributed by atoms with Gasteiger partial charge in [0.2, 0.25) is 0 Å². The zero-order valence-corrected chi connectivity index (χ0v) is 15.2. The molecular formula is C21H21FN4O. The minimum Gasteiger partial charge on any atom is -0.378 e. The normalized spacial score (nSPS) is 10.3. The van der Waals surface area contributed by atoms with Crippen LogP contribution >= 0.6 is 0 Å². The summed E-state index contributed by atoms with van der Waals surface area (Å²) in [6, 6.07) is 17.3. The van der Waals surface area contributed by atoms with Crippen LogP contribution in [0.3, 0.4) is 0 Å². The van der Waals surface area contributed by atoms with Crippen LogP contribution in [0.15, 0.2) is 66.9 Å². The zero-order chi connectivity index (χ0) is 19.2. The van der Waals surface area contributed by atoms with Gasteiger partial charge in [0, 0.05) is 38.2 Å². The molecule has 3 aromatic rings. The van der Waals surface area contributed by atoms with Crippen LogP contribution in [0.25, 0.3) is 0 Å². The molecular weight excluding hydrogens is 343 g/mol. The summed E-state index contributed by atoms with van der Waals surface area (Å²) in [6.45, 7) is 0.404. The van der Waals surface area contributed by atoms with Crippen molar-refractivity contribution >= 4 is 23.1 Å². The summed E-state index contributed by atoms with van der Waals surface area (Å²) in [4.78, 5) is 18.8. The monoisotopic (exact) mass is 364 g/mol. The summed E-state index contributed by atoms with van der Waals surface area (Å²) in [6.07, 6.45) is 1.58. The number of aromatic nitrogens is 1. The van der Waals surface area contributed by atoms with Gasteiger partial charge in [-0.15, -0.1) is 0 Å². The lowest BCUT2D eigenvalue weighted by molar-refractivity contribution is 0.0951. The number of hydrogen-bond donors (Lipinski definition) is 2. The van der Waals surface area contributed by atoms with Gasteiger partial charge in [0.05, 0.1) is 5.56 Å². The molecule has 6 heteroatoms. The molecule has 0 saturated heterocycles. The van der Waals surface area contributed by atoms with E-state index in [9.17, 15) is 9.18 Å². The van der Waals surface area contributed by atoms with Crippen LogP contribution in [0.2, 0.25) is 0 Å². The molecule has 0 atom stereocenters. The SMILES string of the molecule is CN(C)c1ccc(CNC(=O)c2cccnc2Nc2cccc(F)c2)cc1. The number of nitrogens with zero attached hydrogens (tertiary/aromatic N) is 2. The van der Waals surface area contributed by atoms with E-state index in [1.807, 2.05) is 43.3 Å². The Hall–Kier alpha value is -3.41. The second-order valence-corrected chi connectivity index (χ2v) is 6.28. The topological polar surface area (TPSA) is 57.3 Å². The Morgan fingerprint density at radius 1 is 1.07 bits per heavy atom. The van der Waals surface area contributed by atoms with E-state index in [0.29, 0.717) is 23.6 Å². The molecule has 0 radical (unpaired) electrons. The smallest absolute Gasteiger partial charge is 0.255 e. The Balaban J connectivity index is 1.69. The van der Waals surface area contributed by atoms with Crippen molar-refractivity contribution < 1.29 is 9.18 Å². The largest absolute Gasteiger partial charge is 0.378 e. The molecule has 1 aromatic heterocycles. The van der Waals surface area contributed by atoms with Crippen molar-refractivity contribution in [2.24, 2.45) is 0 Å². The number of pyridine rings is 1. The standard InChI is InChI=1S/C21H21FN4O/c1-26(2)18-10-8-15(9-11-18)14-24-21(27)19-7-4-12-23-20(19)25-17-6-3-5-16(22)13-17/h3-13H,14H2,1-2H3,(H,23,25)(H,24,27). The maximum absolute atomic E-state index is 13.4. The second kappa shape index (κ2) is 8.31. The van der Waals surface area contributed by atoms with Gasteiger partial charge < -0.3 is 15.5 Å². The van der Waals surface area contributed by atoms with Crippen molar-refractivity contribution in [1.29, 1.82) is 0 Å². The van der Waals surface area contributed by atoms with E-state index >= 15 is 0 Å². The molecule has 0 aliphatic heterocycles. The number of hydrogen-bond acceptors (Lipinski definition) is 4. The van der Waals surface area contributed by atoms with Gasteiger partial charge in [0.15, 0.2) is 0 Å². The number of nitrogens with one attached hydrogen (secondary N) is 2. The highest BCUT2D eigenvalue weighted by Gasteiger charge is 2.12. The predicted molar refractivity (Wildman–Crippen MR) is 106 cm³/mol. The fourth-order valence-corrected chi connectivity index (χ4v) is 2.58. The Morgan fingerprint density at radius 2 is 1.85 bits per heavy atom. The summed E-state index contributed by atoms with van der Waals surface area (Å²) in [7, 11) is 3.96. The van der Waals surface area contributed by atoms with Gasteiger partial charge >= 0.3 is 0 Å². The number of carbonyl (C=O) groups is 1. The Morgan fingerprint density at radius 3 is 2.56 bits per heavy atom. The first kappa shape index (κ1) is 18.4. The molecule has 0 spiro atoms.